The molecular formula is C17H19NO. The number of rotatable bonds is 2. The molecule has 0 heterocycles. The zero-order chi connectivity index (χ0) is 13.6. The van der Waals surface area contributed by atoms with Gasteiger partial charge >= 0.3 is 0 Å². The molecule has 2 aromatic rings. The molecule has 0 amide bonds. The van der Waals surface area contributed by atoms with Gasteiger partial charge in [-0.3, -0.25) is 4.79 Å². The maximum absolute atomic E-state index is 12.0. The number of anilines is 1. The lowest BCUT2D eigenvalue weighted by atomic mass is 9.93. The first kappa shape index (κ1) is 12.2. The minimum atomic E-state index is 0.196. The van der Waals surface area contributed by atoms with Gasteiger partial charge in [0.25, 0.3) is 0 Å². The molecule has 2 nitrogen and oxygen atoms in total. The predicted molar refractivity (Wildman–Crippen MR) is 80.3 cm³/mol. The normalized spacial score (nSPS) is 13.6. The van der Waals surface area contributed by atoms with E-state index in [2.05, 4.69) is 29.2 Å². The Bertz CT molecular complexity index is 671. The van der Waals surface area contributed by atoms with Crippen LogP contribution < -0.4 is 4.90 Å². The highest BCUT2D eigenvalue weighted by atomic mass is 16.1. The first-order valence-electron chi connectivity index (χ1n) is 6.84. The van der Waals surface area contributed by atoms with Gasteiger partial charge in [-0.05, 0) is 60.2 Å². The molecule has 0 saturated heterocycles. The maximum atomic E-state index is 12.0. The van der Waals surface area contributed by atoms with Crippen LogP contribution in [0.3, 0.4) is 0 Å². The third-order valence-electron chi connectivity index (χ3n) is 4.06. The van der Waals surface area contributed by atoms with Gasteiger partial charge in [0.15, 0.2) is 5.78 Å². The summed E-state index contributed by atoms with van der Waals surface area (Å²) in [6.07, 6.45) is 3.33. The molecule has 0 atom stereocenters. The summed E-state index contributed by atoms with van der Waals surface area (Å²) in [6, 6.07) is 8.65. The van der Waals surface area contributed by atoms with Crippen molar-refractivity contribution < 1.29 is 4.79 Å². The molecule has 1 aliphatic carbocycles. The van der Waals surface area contributed by atoms with Crippen LogP contribution in [0, 0.1) is 0 Å². The van der Waals surface area contributed by atoms with Crippen LogP contribution in [0.25, 0.3) is 10.8 Å². The van der Waals surface area contributed by atoms with Gasteiger partial charge in [0.2, 0.25) is 0 Å². The lowest BCUT2D eigenvalue weighted by molar-refractivity contribution is 0.101. The zero-order valence-electron chi connectivity index (χ0n) is 11.8. The number of Topliss-reactive ketones (excluding diaryl/α,β-unsaturated/α-hetero) is 1. The molecule has 0 aromatic heterocycles. The van der Waals surface area contributed by atoms with Gasteiger partial charge in [-0.2, -0.15) is 0 Å². The summed E-state index contributed by atoms with van der Waals surface area (Å²) in [6.45, 7) is 1.69. The Labute approximate surface area is 114 Å². The number of hydrogen-bond acceptors (Lipinski definition) is 2. The van der Waals surface area contributed by atoms with E-state index in [0.29, 0.717) is 0 Å². The fourth-order valence-corrected chi connectivity index (χ4v) is 3.14. The molecule has 19 heavy (non-hydrogen) atoms. The monoisotopic (exact) mass is 253 g/mol. The fraction of sp³-hybridized carbons (Fsp3) is 0.353. The van der Waals surface area contributed by atoms with E-state index >= 15 is 0 Å². The van der Waals surface area contributed by atoms with Crippen molar-refractivity contribution in [1.82, 2.24) is 0 Å². The van der Waals surface area contributed by atoms with Crippen LogP contribution >= 0.6 is 0 Å². The van der Waals surface area contributed by atoms with Crippen LogP contribution in [0.2, 0.25) is 0 Å². The first-order chi connectivity index (χ1) is 9.08. The molecule has 0 bridgehead atoms. The second-order valence-electron chi connectivity index (χ2n) is 5.60. The third kappa shape index (κ3) is 1.92. The largest absolute Gasteiger partial charge is 0.378 e. The van der Waals surface area contributed by atoms with E-state index in [1.54, 1.807) is 6.92 Å². The van der Waals surface area contributed by atoms with Crippen molar-refractivity contribution in [2.45, 2.75) is 26.2 Å². The van der Waals surface area contributed by atoms with Gasteiger partial charge in [-0.15, -0.1) is 0 Å². The van der Waals surface area contributed by atoms with E-state index in [9.17, 15) is 4.79 Å². The number of carbonyl (C=O) groups is 1. The lowest BCUT2D eigenvalue weighted by Crippen LogP contribution is -2.08. The number of fused-ring (bicyclic) bond motifs is 2. The van der Waals surface area contributed by atoms with Gasteiger partial charge in [-0.1, -0.05) is 12.1 Å². The summed E-state index contributed by atoms with van der Waals surface area (Å²) in [5, 5.41) is 2.30. The molecule has 0 unspecified atom stereocenters. The van der Waals surface area contributed by atoms with Crippen LogP contribution in [-0.2, 0) is 12.8 Å². The van der Waals surface area contributed by atoms with Gasteiger partial charge in [-0.25, -0.2) is 0 Å². The summed E-state index contributed by atoms with van der Waals surface area (Å²) >= 11 is 0. The zero-order valence-corrected chi connectivity index (χ0v) is 11.8. The third-order valence-corrected chi connectivity index (χ3v) is 4.06. The van der Waals surface area contributed by atoms with Crippen LogP contribution in [0.4, 0.5) is 5.69 Å². The highest BCUT2D eigenvalue weighted by Gasteiger charge is 2.20. The van der Waals surface area contributed by atoms with Crippen LogP contribution in [0.1, 0.15) is 34.8 Å². The molecule has 1 aliphatic rings. The SMILES string of the molecule is CC(=O)c1c2c(cc3cc(N(C)C)ccc13)CCC2. The number of benzene rings is 2. The van der Waals surface area contributed by atoms with Gasteiger partial charge in [0, 0.05) is 25.3 Å². The lowest BCUT2D eigenvalue weighted by Gasteiger charge is -2.16. The minimum absolute atomic E-state index is 0.196. The molecule has 98 valence electrons. The Morgan fingerprint density at radius 3 is 2.63 bits per heavy atom. The maximum Gasteiger partial charge on any atom is 0.160 e. The highest BCUT2D eigenvalue weighted by Crippen LogP contribution is 2.34. The Balaban J connectivity index is 2.34. The van der Waals surface area contributed by atoms with E-state index in [1.165, 1.54) is 28.6 Å². The minimum Gasteiger partial charge on any atom is -0.378 e. The average molecular weight is 253 g/mol. The van der Waals surface area contributed by atoms with Crippen molar-refractivity contribution >= 4 is 22.2 Å². The fourth-order valence-electron chi connectivity index (χ4n) is 3.14. The number of hydrogen-bond donors (Lipinski definition) is 0. The summed E-state index contributed by atoms with van der Waals surface area (Å²) in [5.74, 6) is 0.196. The predicted octanol–water partition coefficient (Wildman–Crippen LogP) is 3.60. The Morgan fingerprint density at radius 1 is 1.16 bits per heavy atom. The number of carbonyl (C=O) groups excluding carboxylic acids is 1. The van der Waals surface area contributed by atoms with Crippen molar-refractivity contribution in [3.05, 3.63) is 41.0 Å². The summed E-state index contributed by atoms with van der Waals surface area (Å²) in [5.41, 5.74) is 4.79. The van der Waals surface area contributed by atoms with Gasteiger partial charge in [0.1, 0.15) is 0 Å². The quantitative estimate of drug-likeness (QED) is 0.762. The van der Waals surface area contributed by atoms with Crippen LogP contribution in [0.5, 0.6) is 0 Å². The van der Waals surface area contributed by atoms with Crippen LogP contribution in [-0.4, -0.2) is 19.9 Å². The molecule has 0 N–H and O–H groups in total. The van der Waals surface area contributed by atoms with Gasteiger partial charge < -0.3 is 4.90 Å². The summed E-state index contributed by atoms with van der Waals surface area (Å²) < 4.78 is 0. The van der Waals surface area contributed by atoms with Crippen LogP contribution in [0.15, 0.2) is 24.3 Å². The standard InChI is InChI=1S/C17H19NO/c1-11(19)17-15-6-4-5-12(15)9-13-10-14(18(2)3)7-8-16(13)17/h7-10H,4-6H2,1-3H3. The number of aryl methyl sites for hydroxylation is 1. The molecule has 2 aromatic carbocycles. The van der Waals surface area contributed by atoms with E-state index < -0.39 is 0 Å². The van der Waals surface area contributed by atoms with Crippen molar-refractivity contribution in [2.24, 2.45) is 0 Å². The molecule has 0 radical (unpaired) electrons. The Morgan fingerprint density at radius 2 is 1.95 bits per heavy atom. The van der Waals surface area contributed by atoms with E-state index in [-0.39, 0.29) is 5.78 Å². The molecule has 0 saturated carbocycles. The van der Waals surface area contributed by atoms with Crippen molar-refractivity contribution in [3.8, 4) is 0 Å². The second kappa shape index (κ2) is 4.37. The van der Waals surface area contributed by atoms with Crippen molar-refractivity contribution in [1.29, 1.82) is 0 Å². The summed E-state index contributed by atoms with van der Waals surface area (Å²) in [7, 11) is 4.08. The molecular weight excluding hydrogens is 234 g/mol. The summed E-state index contributed by atoms with van der Waals surface area (Å²) in [4.78, 5) is 14.1. The van der Waals surface area contributed by atoms with Gasteiger partial charge in [0.05, 0.1) is 0 Å². The van der Waals surface area contributed by atoms with E-state index in [0.717, 1.165) is 23.8 Å². The number of ketones is 1. The topological polar surface area (TPSA) is 20.3 Å². The molecule has 0 aliphatic heterocycles. The molecule has 3 rings (SSSR count). The highest BCUT2D eigenvalue weighted by molar-refractivity contribution is 6.09. The Hall–Kier alpha value is -1.83. The van der Waals surface area contributed by atoms with E-state index in [4.69, 9.17) is 0 Å². The van der Waals surface area contributed by atoms with Crippen molar-refractivity contribution in [2.75, 3.05) is 19.0 Å². The number of nitrogens with zero attached hydrogens (tertiary/aromatic N) is 1. The average Bonchev–Trinajstić information content (AvgIpc) is 2.81. The second-order valence-corrected chi connectivity index (χ2v) is 5.60. The smallest absolute Gasteiger partial charge is 0.160 e. The Kier molecular flexibility index (Phi) is 2.81. The van der Waals surface area contributed by atoms with Crippen molar-refractivity contribution in [3.63, 3.8) is 0 Å². The molecule has 0 fully saturated rings. The molecule has 2 heteroatoms. The first-order valence-corrected chi connectivity index (χ1v) is 6.84. The molecule has 0 spiro atoms. The van der Waals surface area contributed by atoms with E-state index in [1.807, 2.05) is 14.1 Å².